The predicted octanol–water partition coefficient (Wildman–Crippen LogP) is 1.29. The normalized spacial score (nSPS) is 17.8. The van der Waals surface area contributed by atoms with Gasteiger partial charge in [-0.15, -0.1) is 0 Å². The summed E-state index contributed by atoms with van der Waals surface area (Å²) in [6.07, 6.45) is 5.39. The van der Waals surface area contributed by atoms with Crippen LogP contribution in [0.2, 0.25) is 0 Å². The van der Waals surface area contributed by atoms with E-state index in [2.05, 4.69) is 15.2 Å². The Morgan fingerprint density at radius 2 is 2.25 bits per heavy atom. The molecule has 1 amide bonds. The molecule has 110 valence electrons. The summed E-state index contributed by atoms with van der Waals surface area (Å²) >= 11 is 0. The predicted molar refractivity (Wildman–Crippen MR) is 80.5 cm³/mol. The summed E-state index contributed by atoms with van der Waals surface area (Å²) in [4.78, 5) is 18.5. The van der Waals surface area contributed by atoms with Gasteiger partial charge in [0.15, 0.2) is 0 Å². The zero-order chi connectivity index (χ0) is 14.4. The summed E-state index contributed by atoms with van der Waals surface area (Å²) < 4.78 is 0. The van der Waals surface area contributed by atoms with E-state index >= 15 is 0 Å². The van der Waals surface area contributed by atoms with Gasteiger partial charge in [-0.2, -0.15) is 0 Å². The first-order chi connectivity index (χ1) is 9.70. The first-order valence-electron chi connectivity index (χ1n) is 7.42. The summed E-state index contributed by atoms with van der Waals surface area (Å²) in [6, 6.07) is 5.82. The minimum atomic E-state index is -0.367. The molecule has 1 aliphatic heterocycles. The summed E-state index contributed by atoms with van der Waals surface area (Å²) in [5, 5.41) is 3.06. The molecule has 1 atom stereocenters. The number of carbonyl (C=O) groups excluding carboxylic acids is 1. The molecule has 0 aromatic carbocycles. The molecule has 2 heterocycles. The van der Waals surface area contributed by atoms with Gasteiger partial charge in [0.2, 0.25) is 5.91 Å². The van der Waals surface area contributed by atoms with Crippen molar-refractivity contribution in [2.24, 2.45) is 5.73 Å². The third-order valence-electron chi connectivity index (χ3n) is 3.75. The Morgan fingerprint density at radius 3 is 2.85 bits per heavy atom. The highest BCUT2D eigenvalue weighted by atomic mass is 16.2. The van der Waals surface area contributed by atoms with Crippen molar-refractivity contribution < 1.29 is 4.79 Å². The van der Waals surface area contributed by atoms with Gasteiger partial charge in [-0.05, 0) is 31.4 Å². The van der Waals surface area contributed by atoms with E-state index < -0.39 is 0 Å². The monoisotopic (exact) mass is 276 g/mol. The largest absolute Gasteiger partial charge is 0.356 e. The van der Waals surface area contributed by atoms with E-state index in [1.165, 1.54) is 0 Å². The summed E-state index contributed by atoms with van der Waals surface area (Å²) in [5.74, 6) is 1.00. The molecule has 1 saturated heterocycles. The molecule has 5 heteroatoms. The van der Waals surface area contributed by atoms with Gasteiger partial charge in [0.05, 0.1) is 6.04 Å². The maximum Gasteiger partial charge on any atom is 0.237 e. The number of anilines is 1. The standard InChI is InChI=1S/C15H24N4O/c1-2-5-13(16)15(20)18-12-7-10-19(11-8-12)14-6-3-4-9-17-14/h3-4,6,9,12-13H,2,5,7-8,10-11,16H2,1H3,(H,18,20)/t13-/m1/s1. The summed E-state index contributed by atoms with van der Waals surface area (Å²) in [7, 11) is 0. The smallest absolute Gasteiger partial charge is 0.237 e. The van der Waals surface area contributed by atoms with Gasteiger partial charge in [0.1, 0.15) is 5.82 Å². The van der Waals surface area contributed by atoms with Crippen LogP contribution in [0.1, 0.15) is 32.6 Å². The Balaban J connectivity index is 1.78. The number of carbonyl (C=O) groups is 1. The highest BCUT2D eigenvalue weighted by Gasteiger charge is 2.23. The fraction of sp³-hybridized carbons (Fsp3) is 0.600. The number of rotatable bonds is 5. The van der Waals surface area contributed by atoms with Crippen molar-refractivity contribution >= 4 is 11.7 Å². The molecular weight excluding hydrogens is 252 g/mol. The molecule has 0 unspecified atom stereocenters. The molecule has 0 saturated carbocycles. The maximum absolute atomic E-state index is 11.9. The van der Waals surface area contributed by atoms with Crippen LogP contribution in [0.4, 0.5) is 5.82 Å². The van der Waals surface area contributed by atoms with Gasteiger partial charge in [0, 0.05) is 25.3 Å². The van der Waals surface area contributed by atoms with Gasteiger partial charge in [-0.1, -0.05) is 19.4 Å². The Morgan fingerprint density at radius 1 is 1.50 bits per heavy atom. The van der Waals surface area contributed by atoms with Gasteiger partial charge >= 0.3 is 0 Å². The number of amides is 1. The fourth-order valence-electron chi connectivity index (χ4n) is 2.54. The lowest BCUT2D eigenvalue weighted by Gasteiger charge is -2.33. The lowest BCUT2D eigenvalue weighted by atomic mass is 10.0. The van der Waals surface area contributed by atoms with Crippen LogP contribution in [0, 0.1) is 0 Å². The first kappa shape index (κ1) is 14.8. The second kappa shape index (κ2) is 7.24. The van der Waals surface area contributed by atoms with Crippen LogP contribution < -0.4 is 16.0 Å². The zero-order valence-corrected chi connectivity index (χ0v) is 12.1. The van der Waals surface area contributed by atoms with Crippen LogP contribution in [-0.4, -0.2) is 36.1 Å². The van der Waals surface area contributed by atoms with Gasteiger partial charge in [-0.25, -0.2) is 4.98 Å². The van der Waals surface area contributed by atoms with E-state index in [0.29, 0.717) is 0 Å². The molecule has 5 nitrogen and oxygen atoms in total. The number of pyridine rings is 1. The minimum absolute atomic E-state index is 0.0110. The van der Waals surface area contributed by atoms with Crippen molar-refractivity contribution in [1.29, 1.82) is 0 Å². The Bertz CT molecular complexity index is 415. The molecule has 2 rings (SSSR count). The Labute approximate surface area is 120 Å². The van der Waals surface area contributed by atoms with Crippen LogP contribution in [0.5, 0.6) is 0 Å². The number of hydrogen-bond donors (Lipinski definition) is 2. The topological polar surface area (TPSA) is 71.2 Å². The summed E-state index contributed by atoms with van der Waals surface area (Å²) in [6.45, 7) is 3.88. The van der Waals surface area contributed by atoms with Crippen LogP contribution in [0.15, 0.2) is 24.4 Å². The highest BCUT2D eigenvalue weighted by molar-refractivity contribution is 5.81. The third kappa shape index (κ3) is 3.93. The molecule has 1 aromatic rings. The van der Waals surface area contributed by atoms with Gasteiger partial charge in [0.25, 0.3) is 0 Å². The molecule has 0 aliphatic carbocycles. The minimum Gasteiger partial charge on any atom is -0.356 e. The number of piperidine rings is 1. The first-order valence-corrected chi connectivity index (χ1v) is 7.42. The average molecular weight is 276 g/mol. The molecule has 0 radical (unpaired) electrons. The van der Waals surface area contributed by atoms with E-state index in [9.17, 15) is 4.79 Å². The molecule has 0 bridgehead atoms. The quantitative estimate of drug-likeness (QED) is 0.850. The van der Waals surface area contributed by atoms with E-state index in [4.69, 9.17) is 5.73 Å². The molecule has 20 heavy (non-hydrogen) atoms. The zero-order valence-electron chi connectivity index (χ0n) is 12.1. The van der Waals surface area contributed by atoms with E-state index in [-0.39, 0.29) is 18.0 Å². The second-order valence-corrected chi connectivity index (χ2v) is 5.35. The number of aromatic nitrogens is 1. The van der Waals surface area contributed by atoms with Gasteiger partial charge < -0.3 is 16.0 Å². The highest BCUT2D eigenvalue weighted by Crippen LogP contribution is 2.17. The number of nitrogens with zero attached hydrogens (tertiary/aromatic N) is 2. The van der Waals surface area contributed by atoms with E-state index in [1.807, 2.05) is 31.3 Å². The van der Waals surface area contributed by atoms with E-state index in [1.54, 1.807) is 0 Å². The van der Waals surface area contributed by atoms with Crippen molar-refractivity contribution in [2.75, 3.05) is 18.0 Å². The molecular formula is C15H24N4O. The van der Waals surface area contributed by atoms with Crippen molar-refractivity contribution in [3.05, 3.63) is 24.4 Å². The Hall–Kier alpha value is -1.62. The van der Waals surface area contributed by atoms with Gasteiger partial charge in [-0.3, -0.25) is 4.79 Å². The van der Waals surface area contributed by atoms with Crippen molar-refractivity contribution in [1.82, 2.24) is 10.3 Å². The van der Waals surface area contributed by atoms with Crippen LogP contribution in [0.3, 0.4) is 0 Å². The van der Waals surface area contributed by atoms with Crippen molar-refractivity contribution in [3.8, 4) is 0 Å². The van der Waals surface area contributed by atoms with Crippen LogP contribution >= 0.6 is 0 Å². The number of hydrogen-bond acceptors (Lipinski definition) is 4. The molecule has 1 aromatic heterocycles. The fourth-order valence-corrected chi connectivity index (χ4v) is 2.54. The molecule has 3 N–H and O–H groups in total. The molecule has 1 aliphatic rings. The van der Waals surface area contributed by atoms with Crippen LogP contribution in [0.25, 0.3) is 0 Å². The van der Waals surface area contributed by atoms with E-state index in [0.717, 1.165) is 44.6 Å². The number of nitrogens with two attached hydrogens (primary N) is 1. The Kier molecular flexibility index (Phi) is 5.35. The maximum atomic E-state index is 11.9. The molecule has 0 spiro atoms. The lowest BCUT2D eigenvalue weighted by molar-refractivity contribution is -0.123. The SMILES string of the molecule is CCC[C@@H](N)C(=O)NC1CCN(c2ccccn2)CC1. The summed E-state index contributed by atoms with van der Waals surface area (Å²) in [5.41, 5.74) is 5.83. The number of nitrogens with one attached hydrogen (secondary N) is 1. The lowest BCUT2D eigenvalue weighted by Crippen LogP contribution is -2.49. The second-order valence-electron chi connectivity index (χ2n) is 5.35. The van der Waals surface area contributed by atoms with Crippen molar-refractivity contribution in [3.63, 3.8) is 0 Å². The average Bonchev–Trinajstić information content (AvgIpc) is 2.49. The van der Waals surface area contributed by atoms with Crippen molar-refractivity contribution in [2.45, 2.75) is 44.7 Å². The van der Waals surface area contributed by atoms with Crippen LogP contribution in [-0.2, 0) is 4.79 Å². The third-order valence-corrected chi connectivity index (χ3v) is 3.75. The molecule has 1 fully saturated rings.